The summed E-state index contributed by atoms with van der Waals surface area (Å²) in [5, 5.41) is 5.75. The van der Waals surface area contributed by atoms with Gasteiger partial charge in [0.25, 0.3) is 0 Å². The summed E-state index contributed by atoms with van der Waals surface area (Å²) in [6.45, 7) is 8.54. The molecule has 27 heavy (non-hydrogen) atoms. The van der Waals surface area contributed by atoms with E-state index in [1.54, 1.807) is 0 Å². The topological polar surface area (TPSA) is 46.0 Å². The van der Waals surface area contributed by atoms with E-state index < -0.39 is 0 Å². The molecular formula is C22H25N5. The number of aryl methyl sites for hydroxylation is 1. The molecule has 1 saturated carbocycles. The number of hydrogen-bond acceptors (Lipinski definition) is 4. The molecule has 1 aliphatic carbocycles. The molecule has 5 nitrogen and oxygen atoms in total. The quantitative estimate of drug-likeness (QED) is 0.749. The lowest BCUT2D eigenvalue weighted by molar-refractivity contribution is 0.115. The first-order valence-electron chi connectivity index (χ1n) is 9.67. The third-order valence-corrected chi connectivity index (χ3v) is 5.99. The maximum atomic E-state index is 4.58. The van der Waals surface area contributed by atoms with Crippen LogP contribution in [0.25, 0.3) is 22.0 Å². The summed E-state index contributed by atoms with van der Waals surface area (Å²) >= 11 is 0. The van der Waals surface area contributed by atoms with E-state index in [2.05, 4.69) is 62.6 Å². The van der Waals surface area contributed by atoms with Crippen molar-refractivity contribution in [3.05, 3.63) is 54.8 Å². The predicted octanol–water partition coefficient (Wildman–Crippen LogP) is 3.96. The van der Waals surface area contributed by atoms with Crippen LogP contribution in [0.5, 0.6) is 0 Å². The fraction of sp³-hybridized carbons (Fsp3) is 0.364. The molecule has 0 atom stereocenters. The number of anilines is 1. The smallest absolute Gasteiger partial charge is 0.130 e. The van der Waals surface area contributed by atoms with Crippen LogP contribution in [0.4, 0.5) is 5.82 Å². The van der Waals surface area contributed by atoms with Crippen molar-refractivity contribution in [1.29, 1.82) is 0 Å². The summed E-state index contributed by atoms with van der Waals surface area (Å²) in [4.78, 5) is 11.5. The summed E-state index contributed by atoms with van der Waals surface area (Å²) in [7, 11) is 2.05. The van der Waals surface area contributed by atoms with Gasteiger partial charge in [0.15, 0.2) is 0 Å². The average Bonchev–Trinajstić information content (AvgIpc) is 3.39. The fourth-order valence-electron chi connectivity index (χ4n) is 3.88. The van der Waals surface area contributed by atoms with Gasteiger partial charge in [-0.1, -0.05) is 18.7 Å². The third-order valence-electron chi connectivity index (χ3n) is 5.99. The molecule has 0 unspecified atom stereocenters. The van der Waals surface area contributed by atoms with Gasteiger partial charge in [0, 0.05) is 54.9 Å². The van der Waals surface area contributed by atoms with Crippen molar-refractivity contribution in [1.82, 2.24) is 19.4 Å². The first-order chi connectivity index (χ1) is 13.1. The number of benzene rings is 1. The van der Waals surface area contributed by atoms with Gasteiger partial charge in [-0.3, -0.25) is 4.90 Å². The van der Waals surface area contributed by atoms with Crippen molar-refractivity contribution < 1.29 is 0 Å². The van der Waals surface area contributed by atoms with Gasteiger partial charge in [0.05, 0.1) is 11.9 Å². The second-order valence-electron chi connectivity index (χ2n) is 7.91. The molecular weight excluding hydrogens is 334 g/mol. The van der Waals surface area contributed by atoms with Gasteiger partial charge in [-0.05, 0) is 37.3 Å². The zero-order chi connectivity index (χ0) is 18.5. The number of pyridine rings is 1. The van der Waals surface area contributed by atoms with Crippen molar-refractivity contribution in [2.75, 3.05) is 18.4 Å². The minimum absolute atomic E-state index is 0.534. The van der Waals surface area contributed by atoms with E-state index in [1.807, 2.05) is 19.3 Å². The van der Waals surface area contributed by atoms with Crippen LogP contribution in [-0.4, -0.2) is 38.6 Å². The van der Waals surface area contributed by atoms with Gasteiger partial charge >= 0.3 is 0 Å². The molecule has 0 radical (unpaired) electrons. The summed E-state index contributed by atoms with van der Waals surface area (Å²) in [6, 6.07) is 9.43. The first kappa shape index (κ1) is 16.5. The van der Waals surface area contributed by atoms with Crippen LogP contribution in [0.1, 0.15) is 18.7 Å². The van der Waals surface area contributed by atoms with Gasteiger partial charge in [-0.2, -0.15) is 0 Å². The van der Waals surface area contributed by atoms with Gasteiger partial charge in [0.2, 0.25) is 0 Å². The van der Waals surface area contributed by atoms with Crippen molar-refractivity contribution >= 4 is 16.6 Å². The zero-order valence-electron chi connectivity index (χ0n) is 15.9. The number of hydrogen-bond donors (Lipinski definition) is 1. The molecule has 0 amide bonds. The molecule has 138 valence electrons. The number of nitrogens with one attached hydrogen (secondary N) is 1. The van der Waals surface area contributed by atoms with Gasteiger partial charge < -0.3 is 9.88 Å². The molecule has 3 heterocycles. The summed E-state index contributed by atoms with van der Waals surface area (Å²) < 4.78 is 2.12. The largest absolute Gasteiger partial charge is 0.344 e. The maximum absolute atomic E-state index is 4.58. The lowest BCUT2D eigenvalue weighted by Gasteiger charge is -2.40. The van der Waals surface area contributed by atoms with Crippen LogP contribution in [-0.2, 0) is 7.05 Å². The SMILES string of the molecule is C=C(Nc1cc2cc(-c3cnc(C)n3C)ccc2cn1)C1CN(C2CC2)C1. The number of fused-ring (bicyclic) bond motifs is 1. The monoisotopic (exact) mass is 359 g/mol. The molecule has 5 rings (SSSR count). The standard InChI is InChI=1S/C22H25N5/c1-14(19-12-27(13-19)20-6-7-20)25-22-9-18-8-16(4-5-17(18)10-24-22)21-11-23-15(2)26(21)3/h4-5,8-11,19-20H,1,6-7,12-13H2,2-3H3,(H,24,25). The van der Waals surface area contributed by atoms with E-state index in [-0.39, 0.29) is 0 Å². The second kappa shape index (κ2) is 6.20. The van der Waals surface area contributed by atoms with Crippen molar-refractivity contribution in [2.45, 2.75) is 25.8 Å². The Labute approximate surface area is 159 Å². The highest BCUT2D eigenvalue weighted by Crippen LogP contribution is 2.35. The van der Waals surface area contributed by atoms with E-state index in [0.717, 1.165) is 47.6 Å². The van der Waals surface area contributed by atoms with Crippen LogP contribution in [0.3, 0.4) is 0 Å². The minimum atomic E-state index is 0.534. The lowest BCUT2D eigenvalue weighted by Crippen LogP contribution is -2.49. The van der Waals surface area contributed by atoms with Crippen molar-refractivity contribution in [3.8, 4) is 11.3 Å². The van der Waals surface area contributed by atoms with Crippen LogP contribution >= 0.6 is 0 Å². The lowest BCUT2D eigenvalue weighted by atomic mass is 9.96. The van der Waals surface area contributed by atoms with Gasteiger partial charge in [-0.15, -0.1) is 0 Å². The molecule has 1 aromatic carbocycles. The van der Waals surface area contributed by atoms with Gasteiger partial charge in [0.1, 0.15) is 11.6 Å². The Morgan fingerprint density at radius 3 is 2.63 bits per heavy atom. The number of likely N-dealkylation sites (tertiary alicyclic amines) is 1. The molecule has 1 N–H and O–H groups in total. The second-order valence-corrected chi connectivity index (χ2v) is 7.91. The highest BCUT2D eigenvalue weighted by molar-refractivity contribution is 5.88. The molecule has 2 aliphatic rings. The molecule has 5 heteroatoms. The van der Waals surface area contributed by atoms with E-state index >= 15 is 0 Å². The molecule has 0 bridgehead atoms. The summed E-state index contributed by atoms with van der Waals surface area (Å²) in [5.41, 5.74) is 3.37. The third kappa shape index (κ3) is 3.02. The highest BCUT2D eigenvalue weighted by Gasteiger charge is 2.38. The fourth-order valence-corrected chi connectivity index (χ4v) is 3.88. The molecule has 1 aliphatic heterocycles. The average molecular weight is 359 g/mol. The van der Waals surface area contributed by atoms with E-state index in [4.69, 9.17) is 0 Å². The first-order valence-corrected chi connectivity index (χ1v) is 9.67. The number of aromatic nitrogens is 3. The predicted molar refractivity (Wildman–Crippen MR) is 110 cm³/mol. The number of imidazole rings is 1. The highest BCUT2D eigenvalue weighted by atomic mass is 15.2. The Morgan fingerprint density at radius 1 is 1.11 bits per heavy atom. The molecule has 2 fully saturated rings. The van der Waals surface area contributed by atoms with Crippen molar-refractivity contribution in [3.63, 3.8) is 0 Å². The Morgan fingerprint density at radius 2 is 1.93 bits per heavy atom. The van der Waals surface area contributed by atoms with E-state index in [9.17, 15) is 0 Å². The molecule has 0 spiro atoms. The Bertz CT molecular complexity index is 1020. The Kier molecular flexibility index (Phi) is 3.79. The number of rotatable bonds is 5. The van der Waals surface area contributed by atoms with Gasteiger partial charge in [-0.25, -0.2) is 9.97 Å². The van der Waals surface area contributed by atoms with Crippen LogP contribution in [0.2, 0.25) is 0 Å². The van der Waals surface area contributed by atoms with Crippen LogP contribution in [0, 0.1) is 12.8 Å². The molecule has 2 aromatic heterocycles. The Hall–Kier alpha value is -2.66. The molecule has 3 aromatic rings. The summed E-state index contributed by atoms with van der Waals surface area (Å²) in [5.74, 6) is 2.42. The van der Waals surface area contributed by atoms with Crippen LogP contribution in [0.15, 0.2) is 48.9 Å². The van der Waals surface area contributed by atoms with E-state index in [1.165, 1.54) is 23.8 Å². The minimum Gasteiger partial charge on any atom is -0.344 e. The molecule has 1 saturated heterocycles. The van der Waals surface area contributed by atoms with E-state index in [0.29, 0.717) is 5.92 Å². The Balaban J connectivity index is 1.36. The van der Waals surface area contributed by atoms with Crippen molar-refractivity contribution in [2.24, 2.45) is 13.0 Å². The maximum Gasteiger partial charge on any atom is 0.130 e. The normalized spacial score (nSPS) is 17.9. The zero-order valence-corrected chi connectivity index (χ0v) is 15.9. The van der Waals surface area contributed by atoms with Crippen LogP contribution < -0.4 is 5.32 Å². The summed E-state index contributed by atoms with van der Waals surface area (Å²) in [6.07, 6.45) is 6.61. The number of nitrogens with zero attached hydrogens (tertiary/aromatic N) is 4.